The van der Waals surface area contributed by atoms with Gasteiger partial charge in [-0.05, 0) is 12.1 Å². The summed E-state index contributed by atoms with van der Waals surface area (Å²) in [6.07, 6.45) is 0. The normalized spacial score (nSPS) is 7.70. The van der Waals surface area contributed by atoms with E-state index in [2.05, 4.69) is 7.85 Å². The molecule has 2 nitrogen and oxygen atoms in total. The Morgan fingerprint density at radius 3 is 1.50 bits per heavy atom. The van der Waals surface area contributed by atoms with Gasteiger partial charge in [0.2, 0.25) is 0 Å². The topological polar surface area (TPSA) is 40.5 Å². The second-order valence-electron chi connectivity index (χ2n) is 1.49. The number of phenolic OH excluding ortho intramolecular Hbond substituents is 2. The standard InChI is InChI=1S/C6H6O2.CH3B/c7-5-3-1-2-4-6(5)8;1-2/h1-4,7-8H;1H3. The molecule has 52 valence electrons. The van der Waals surface area contributed by atoms with Crippen molar-refractivity contribution < 1.29 is 10.2 Å². The molecule has 0 amide bonds. The molecule has 0 saturated carbocycles. The molecule has 3 heteroatoms. The van der Waals surface area contributed by atoms with Gasteiger partial charge < -0.3 is 10.2 Å². The molecule has 0 fully saturated rings. The summed E-state index contributed by atoms with van der Waals surface area (Å²) in [5.41, 5.74) is 0. The Morgan fingerprint density at radius 2 is 1.30 bits per heavy atom. The summed E-state index contributed by atoms with van der Waals surface area (Å²) >= 11 is 0. The fraction of sp³-hybridized carbons (Fsp3) is 0.143. The largest absolute Gasteiger partial charge is 0.504 e. The molecule has 0 aliphatic carbocycles. The highest BCUT2D eigenvalue weighted by Crippen LogP contribution is 2.21. The molecular weight excluding hydrogens is 127 g/mol. The van der Waals surface area contributed by atoms with Crippen LogP contribution in [0.2, 0.25) is 6.82 Å². The summed E-state index contributed by atoms with van der Waals surface area (Å²) in [7, 11) is 4.50. The minimum Gasteiger partial charge on any atom is -0.504 e. The summed E-state index contributed by atoms with van der Waals surface area (Å²) < 4.78 is 0. The third-order valence-electron chi connectivity index (χ3n) is 0.882. The first-order valence-corrected chi connectivity index (χ1v) is 2.85. The lowest BCUT2D eigenvalue weighted by atomic mass is 10.2. The zero-order chi connectivity index (χ0) is 7.98. The lowest BCUT2D eigenvalue weighted by Crippen LogP contribution is -1.63. The van der Waals surface area contributed by atoms with Crippen molar-refractivity contribution in [2.75, 3.05) is 0 Å². The van der Waals surface area contributed by atoms with E-state index in [4.69, 9.17) is 10.2 Å². The van der Waals surface area contributed by atoms with E-state index in [1.807, 2.05) is 0 Å². The van der Waals surface area contributed by atoms with Gasteiger partial charge in [-0.2, -0.15) is 0 Å². The molecule has 2 radical (unpaired) electrons. The van der Waals surface area contributed by atoms with Crippen LogP contribution in [0.15, 0.2) is 24.3 Å². The molecule has 1 aromatic rings. The van der Waals surface area contributed by atoms with Gasteiger partial charge in [-0.3, -0.25) is 0 Å². The second kappa shape index (κ2) is 4.73. The number of benzene rings is 1. The maximum Gasteiger partial charge on any atom is 0.157 e. The van der Waals surface area contributed by atoms with Gasteiger partial charge >= 0.3 is 0 Å². The Hall–Kier alpha value is -1.12. The predicted molar refractivity (Wildman–Crippen MR) is 41.4 cm³/mol. The van der Waals surface area contributed by atoms with Crippen LogP contribution in [-0.2, 0) is 0 Å². The Labute approximate surface area is 61.5 Å². The third-order valence-corrected chi connectivity index (χ3v) is 0.882. The zero-order valence-corrected chi connectivity index (χ0v) is 5.78. The first-order chi connectivity index (χ1) is 4.80. The smallest absolute Gasteiger partial charge is 0.157 e. The minimum atomic E-state index is -0.0764. The van der Waals surface area contributed by atoms with Crippen molar-refractivity contribution in [1.82, 2.24) is 0 Å². The van der Waals surface area contributed by atoms with Crippen molar-refractivity contribution >= 4 is 7.85 Å². The summed E-state index contributed by atoms with van der Waals surface area (Å²) in [5.74, 6) is -0.153. The fourth-order valence-corrected chi connectivity index (χ4v) is 0.464. The SMILES string of the molecule is Oc1ccccc1O.[B]C. The quantitative estimate of drug-likeness (QED) is 0.416. The van der Waals surface area contributed by atoms with Crippen molar-refractivity contribution in [1.29, 1.82) is 0 Å². The maximum absolute atomic E-state index is 8.67. The summed E-state index contributed by atoms with van der Waals surface area (Å²) in [6.45, 7) is 1.50. The van der Waals surface area contributed by atoms with Gasteiger partial charge in [0.15, 0.2) is 11.5 Å². The summed E-state index contributed by atoms with van der Waals surface area (Å²) in [5, 5.41) is 17.3. The predicted octanol–water partition coefficient (Wildman–Crippen LogP) is 1.30. The average molecular weight is 136 g/mol. The van der Waals surface area contributed by atoms with Crippen LogP contribution in [0, 0.1) is 0 Å². The molecule has 2 N–H and O–H groups in total. The molecule has 10 heavy (non-hydrogen) atoms. The van der Waals surface area contributed by atoms with Crippen LogP contribution in [0.4, 0.5) is 0 Å². The van der Waals surface area contributed by atoms with Gasteiger partial charge in [-0.15, -0.1) is 0 Å². The molecular formula is C7H9BO2. The van der Waals surface area contributed by atoms with Crippen molar-refractivity contribution in [3.8, 4) is 11.5 Å². The number of phenols is 2. The van der Waals surface area contributed by atoms with Crippen LogP contribution in [0.3, 0.4) is 0 Å². The maximum atomic E-state index is 8.67. The van der Waals surface area contributed by atoms with E-state index in [1.54, 1.807) is 12.1 Å². The Bertz CT molecular complexity index is 168. The molecule has 0 spiro atoms. The van der Waals surface area contributed by atoms with Gasteiger partial charge in [0.05, 0.1) is 7.85 Å². The number of hydrogen-bond acceptors (Lipinski definition) is 2. The number of hydrogen-bond donors (Lipinski definition) is 2. The summed E-state index contributed by atoms with van der Waals surface area (Å²) in [6, 6.07) is 6.15. The van der Waals surface area contributed by atoms with Crippen LogP contribution >= 0.6 is 0 Å². The van der Waals surface area contributed by atoms with E-state index in [1.165, 1.54) is 19.0 Å². The van der Waals surface area contributed by atoms with Crippen molar-refractivity contribution in [2.45, 2.75) is 6.82 Å². The fourth-order valence-electron chi connectivity index (χ4n) is 0.464. The van der Waals surface area contributed by atoms with Crippen LogP contribution < -0.4 is 0 Å². The first-order valence-electron chi connectivity index (χ1n) is 2.85. The average Bonchev–Trinajstić information content (AvgIpc) is 2.00. The Morgan fingerprint density at radius 1 is 1.00 bits per heavy atom. The van der Waals surface area contributed by atoms with Gasteiger partial charge in [0.25, 0.3) is 0 Å². The van der Waals surface area contributed by atoms with Gasteiger partial charge in [0.1, 0.15) is 0 Å². The van der Waals surface area contributed by atoms with Crippen molar-refractivity contribution in [2.24, 2.45) is 0 Å². The highest BCUT2D eigenvalue weighted by atomic mass is 16.3. The van der Waals surface area contributed by atoms with Crippen LogP contribution in [0.1, 0.15) is 0 Å². The van der Waals surface area contributed by atoms with E-state index in [0.717, 1.165) is 0 Å². The monoisotopic (exact) mass is 136 g/mol. The molecule has 1 aromatic carbocycles. The van der Waals surface area contributed by atoms with E-state index in [-0.39, 0.29) is 11.5 Å². The molecule has 0 atom stereocenters. The first kappa shape index (κ1) is 8.88. The van der Waals surface area contributed by atoms with Crippen molar-refractivity contribution in [3.05, 3.63) is 24.3 Å². The minimum absolute atomic E-state index is 0.0764. The van der Waals surface area contributed by atoms with Gasteiger partial charge in [0, 0.05) is 0 Å². The van der Waals surface area contributed by atoms with Crippen LogP contribution in [0.5, 0.6) is 11.5 Å². The van der Waals surface area contributed by atoms with E-state index < -0.39 is 0 Å². The molecule has 1 rings (SSSR count). The van der Waals surface area contributed by atoms with Gasteiger partial charge in [-0.1, -0.05) is 19.0 Å². The van der Waals surface area contributed by atoms with Crippen LogP contribution in [-0.4, -0.2) is 18.1 Å². The Kier molecular flexibility index (Phi) is 4.21. The molecule has 0 aliphatic heterocycles. The number of aromatic hydroxyl groups is 2. The molecule has 0 heterocycles. The van der Waals surface area contributed by atoms with E-state index >= 15 is 0 Å². The molecule has 0 aromatic heterocycles. The van der Waals surface area contributed by atoms with Crippen LogP contribution in [0.25, 0.3) is 0 Å². The van der Waals surface area contributed by atoms with Crippen molar-refractivity contribution in [3.63, 3.8) is 0 Å². The zero-order valence-electron chi connectivity index (χ0n) is 5.78. The van der Waals surface area contributed by atoms with E-state index in [9.17, 15) is 0 Å². The highest BCUT2D eigenvalue weighted by Gasteiger charge is 1.90. The molecule has 0 bridgehead atoms. The lowest BCUT2D eigenvalue weighted by Gasteiger charge is -1.91. The van der Waals surface area contributed by atoms with Gasteiger partial charge in [-0.25, -0.2) is 0 Å². The number of rotatable bonds is 0. The lowest BCUT2D eigenvalue weighted by molar-refractivity contribution is 0.404. The second-order valence-corrected chi connectivity index (χ2v) is 1.49. The number of para-hydroxylation sites is 2. The summed E-state index contributed by atoms with van der Waals surface area (Å²) in [4.78, 5) is 0. The van der Waals surface area contributed by atoms with E-state index in [0.29, 0.717) is 0 Å². The highest BCUT2D eigenvalue weighted by molar-refractivity contribution is 6.05. The molecule has 0 aliphatic rings. The molecule has 0 saturated heterocycles. The third kappa shape index (κ3) is 2.44. The molecule has 0 unspecified atom stereocenters. The Balaban J connectivity index is 0.000000371.